The zero-order chi connectivity index (χ0) is 16.9. The number of aryl methyl sites for hydroxylation is 1. The van der Waals surface area contributed by atoms with E-state index in [2.05, 4.69) is 11.6 Å². The Bertz CT molecular complexity index is 615. The molecule has 0 amide bonds. The number of ether oxygens (including phenoxy) is 2. The highest BCUT2D eigenvalue weighted by Crippen LogP contribution is 2.26. The molecule has 0 saturated heterocycles. The Kier molecular flexibility index (Phi) is 6.44. The maximum absolute atomic E-state index is 12.6. The van der Waals surface area contributed by atoms with Crippen LogP contribution in [-0.4, -0.2) is 34.8 Å². The van der Waals surface area contributed by atoms with Gasteiger partial charge in [0.25, 0.3) is 0 Å². The Balaban J connectivity index is 2.08. The molecule has 6 heteroatoms. The van der Waals surface area contributed by atoms with Gasteiger partial charge in [0.2, 0.25) is 10.0 Å². The molecule has 0 radical (unpaired) electrons. The van der Waals surface area contributed by atoms with E-state index in [0.29, 0.717) is 29.8 Å². The number of sulfonamides is 1. The van der Waals surface area contributed by atoms with E-state index in [-0.39, 0.29) is 6.04 Å². The lowest BCUT2D eigenvalue weighted by molar-refractivity contribution is 0.146. The third-order valence-corrected chi connectivity index (χ3v) is 5.91. The van der Waals surface area contributed by atoms with Crippen LogP contribution in [0, 0.1) is 12.8 Å². The minimum absolute atomic E-state index is 0.0340. The number of methoxy groups -OCH3 is 1. The van der Waals surface area contributed by atoms with Crippen molar-refractivity contribution in [2.24, 2.45) is 5.92 Å². The standard InChI is InChI=1S/C17H27NO4S/c1-13-6-4-5-7-16(13)18-23(19,20)15-8-9-17(14(2)12-15)22-11-10-21-3/h8-9,12-13,16,18H,4-7,10-11H2,1-3H3. The first-order valence-electron chi connectivity index (χ1n) is 8.19. The van der Waals surface area contributed by atoms with Crippen LogP contribution in [0.3, 0.4) is 0 Å². The molecule has 1 aromatic carbocycles. The quantitative estimate of drug-likeness (QED) is 0.775. The van der Waals surface area contributed by atoms with Gasteiger partial charge in [-0.25, -0.2) is 13.1 Å². The van der Waals surface area contributed by atoms with Gasteiger partial charge in [0.05, 0.1) is 11.5 Å². The fraction of sp³-hybridized carbons (Fsp3) is 0.647. The van der Waals surface area contributed by atoms with Crippen molar-refractivity contribution in [2.45, 2.75) is 50.5 Å². The lowest BCUT2D eigenvalue weighted by Crippen LogP contribution is -2.40. The van der Waals surface area contributed by atoms with E-state index in [1.54, 1.807) is 25.3 Å². The van der Waals surface area contributed by atoms with Gasteiger partial charge in [0.15, 0.2) is 0 Å². The van der Waals surface area contributed by atoms with Crippen LogP contribution in [0.4, 0.5) is 0 Å². The Labute approximate surface area is 139 Å². The van der Waals surface area contributed by atoms with Crippen LogP contribution in [0.5, 0.6) is 5.75 Å². The second-order valence-electron chi connectivity index (χ2n) is 6.26. The molecule has 2 rings (SSSR count). The van der Waals surface area contributed by atoms with Crippen LogP contribution in [0.2, 0.25) is 0 Å². The molecule has 1 saturated carbocycles. The highest BCUT2D eigenvalue weighted by Gasteiger charge is 2.27. The minimum atomic E-state index is -3.49. The van der Waals surface area contributed by atoms with Gasteiger partial charge in [-0.1, -0.05) is 19.8 Å². The molecular weight excluding hydrogens is 314 g/mol. The van der Waals surface area contributed by atoms with E-state index in [0.717, 1.165) is 24.8 Å². The van der Waals surface area contributed by atoms with Crippen LogP contribution < -0.4 is 9.46 Å². The minimum Gasteiger partial charge on any atom is -0.491 e. The molecule has 23 heavy (non-hydrogen) atoms. The van der Waals surface area contributed by atoms with Crippen LogP contribution in [0.15, 0.2) is 23.1 Å². The summed E-state index contributed by atoms with van der Waals surface area (Å²) in [5.74, 6) is 1.07. The van der Waals surface area contributed by atoms with Crippen molar-refractivity contribution in [1.29, 1.82) is 0 Å². The Hall–Kier alpha value is -1.11. The summed E-state index contributed by atoms with van der Waals surface area (Å²) >= 11 is 0. The van der Waals surface area contributed by atoms with Gasteiger partial charge in [0, 0.05) is 13.2 Å². The van der Waals surface area contributed by atoms with Gasteiger partial charge in [-0.05, 0) is 49.4 Å². The fourth-order valence-electron chi connectivity index (χ4n) is 2.94. The summed E-state index contributed by atoms with van der Waals surface area (Å²) in [6.07, 6.45) is 4.27. The van der Waals surface area contributed by atoms with Crippen molar-refractivity contribution in [3.63, 3.8) is 0 Å². The number of benzene rings is 1. The molecule has 0 aromatic heterocycles. The second-order valence-corrected chi connectivity index (χ2v) is 7.97. The molecule has 130 valence electrons. The summed E-state index contributed by atoms with van der Waals surface area (Å²) < 4.78 is 38.6. The Morgan fingerprint density at radius 2 is 1.96 bits per heavy atom. The number of hydrogen-bond donors (Lipinski definition) is 1. The fourth-order valence-corrected chi connectivity index (χ4v) is 4.41. The molecule has 2 unspecified atom stereocenters. The van der Waals surface area contributed by atoms with Crippen molar-refractivity contribution < 1.29 is 17.9 Å². The molecule has 0 spiro atoms. The van der Waals surface area contributed by atoms with E-state index in [9.17, 15) is 8.42 Å². The van der Waals surface area contributed by atoms with Crippen LogP contribution in [-0.2, 0) is 14.8 Å². The van der Waals surface area contributed by atoms with Crippen molar-refractivity contribution in [1.82, 2.24) is 4.72 Å². The molecule has 1 aliphatic rings. The molecule has 1 aromatic rings. The molecule has 1 aliphatic carbocycles. The lowest BCUT2D eigenvalue weighted by atomic mass is 9.87. The molecule has 0 aliphatic heterocycles. The summed E-state index contributed by atoms with van der Waals surface area (Å²) in [5, 5.41) is 0. The average molecular weight is 341 g/mol. The summed E-state index contributed by atoms with van der Waals surface area (Å²) in [7, 11) is -1.87. The molecule has 5 nitrogen and oxygen atoms in total. The van der Waals surface area contributed by atoms with E-state index >= 15 is 0 Å². The average Bonchev–Trinajstić information content (AvgIpc) is 2.51. The molecule has 2 atom stereocenters. The van der Waals surface area contributed by atoms with Crippen LogP contribution >= 0.6 is 0 Å². The van der Waals surface area contributed by atoms with E-state index in [1.165, 1.54) is 6.42 Å². The zero-order valence-electron chi connectivity index (χ0n) is 14.2. The number of rotatable bonds is 7. The van der Waals surface area contributed by atoms with Gasteiger partial charge >= 0.3 is 0 Å². The predicted molar refractivity (Wildman–Crippen MR) is 90.3 cm³/mol. The first-order chi connectivity index (χ1) is 10.9. The number of hydrogen-bond acceptors (Lipinski definition) is 4. The van der Waals surface area contributed by atoms with Gasteiger partial charge in [-0.15, -0.1) is 0 Å². The SMILES string of the molecule is COCCOc1ccc(S(=O)(=O)NC2CCCCC2C)cc1C. The lowest BCUT2D eigenvalue weighted by Gasteiger charge is -2.29. The highest BCUT2D eigenvalue weighted by molar-refractivity contribution is 7.89. The predicted octanol–water partition coefficient (Wildman–Crippen LogP) is 2.88. The third kappa shape index (κ3) is 4.93. The van der Waals surface area contributed by atoms with E-state index < -0.39 is 10.0 Å². The van der Waals surface area contributed by atoms with Gasteiger partial charge in [-0.3, -0.25) is 0 Å². The van der Waals surface area contributed by atoms with Gasteiger partial charge in [-0.2, -0.15) is 0 Å². The smallest absolute Gasteiger partial charge is 0.240 e. The largest absolute Gasteiger partial charge is 0.491 e. The van der Waals surface area contributed by atoms with Gasteiger partial charge in [0.1, 0.15) is 12.4 Å². The van der Waals surface area contributed by atoms with Gasteiger partial charge < -0.3 is 9.47 Å². The van der Waals surface area contributed by atoms with Crippen molar-refractivity contribution in [3.05, 3.63) is 23.8 Å². The van der Waals surface area contributed by atoms with Crippen LogP contribution in [0.1, 0.15) is 38.2 Å². The topological polar surface area (TPSA) is 64.6 Å². The summed E-state index contributed by atoms with van der Waals surface area (Å²) in [4.78, 5) is 0.298. The van der Waals surface area contributed by atoms with Crippen molar-refractivity contribution >= 4 is 10.0 Å². The molecule has 0 bridgehead atoms. The normalized spacial score (nSPS) is 22.0. The monoisotopic (exact) mass is 341 g/mol. The van der Waals surface area contributed by atoms with Crippen LogP contribution in [0.25, 0.3) is 0 Å². The maximum atomic E-state index is 12.6. The van der Waals surface area contributed by atoms with E-state index in [1.807, 2.05) is 6.92 Å². The first-order valence-corrected chi connectivity index (χ1v) is 9.67. The third-order valence-electron chi connectivity index (χ3n) is 4.42. The maximum Gasteiger partial charge on any atom is 0.240 e. The summed E-state index contributed by atoms with van der Waals surface area (Å²) in [6, 6.07) is 5.01. The first kappa shape index (κ1) is 18.2. The molecule has 1 N–H and O–H groups in total. The summed E-state index contributed by atoms with van der Waals surface area (Å²) in [5.41, 5.74) is 0.806. The van der Waals surface area contributed by atoms with E-state index in [4.69, 9.17) is 9.47 Å². The second kappa shape index (κ2) is 8.13. The molecule has 0 heterocycles. The Morgan fingerprint density at radius 1 is 1.22 bits per heavy atom. The molecule has 1 fully saturated rings. The molecular formula is C17H27NO4S. The van der Waals surface area contributed by atoms with Crippen molar-refractivity contribution in [3.8, 4) is 5.75 Å². The Morgan fingerprint density at radius 3 is 2.61 bits per heavy atom. The number of nitrogens with one attached hydrogen (secondary N) is 1. The highest BCUT2D eigenvalue weighted by atomic mass is 32.2. The summed E-state index contributed by atoms with van der Waals surface area (Å²) in [6.45, 7) is 4.91. The van der Waals surface area contributed by atoms with Crippen molar-refractivity contribution in [2.75, 3.05) is 20.3 Å². The zero-order valence-corrected chi connectivity index (χ0v) is 15.0.